The molecule has 0 spiro atoms. The van der Waals surface area contributed by atoms with E-state index < -0.39 is 18.4 Å². The van der Waals surface area contributed by atoms with Gasteiger partial charge in [-0.3, -0.25) is 0 Å². The molecule has 0 atom stereocenters. The van der Waals surface area contributed by atoms with Crippen LogP contribution in [0.2, 0.25) is 14.8 Å². The molecule has 4 heteroatoms. The molecule has 0 aliphatic carbocycles. The Balaban J connectivity index is 2.37. The number of benzene rings is 1. The minimum absolute atomic E-state index is 1.08. The van der Waals surface area contributed by atoms with Gasteiger partial charge in [0.05, 0.1) is 0 Å². The molecule has 0 bridgehead atoms. The molecule has 0 radical (unpaired) electrons. The number of aromatic nitrogens is 3. The fourth-order valence-electron chi connectivity index (χ4n) is 1.31. The average Bonchev–Trinajstić information content (AvgIpc) is 2.67. The molecule has 3 nitrogen and oxygen atoms in total. The van der Waals surface area contributed by atoms with Crippen molar-refractivity contribution >= 4 is 22.1 Å². The van der Waals surface area contributed by atoms with E-state index in [1.54, 1.807) is 0 Å². The number of rotatable bonds is 2. The van der Waals surface area contributed by atoms with Crippen molar-refractivity contribution < 1.29 is 0 Å². The third-order valence-electron chi connectivity index (χ3n) is 2.28. The summed E-state index contributed by atoms with van der Waals surface area (Å²) < 4.78 is 3.07. The molecule has 2 rings (SSSR count). The van der Waals surface area contributed by atoms with E-state index in [9.17, 15) is 0 Å². The zero-order valence-electron chi connectivity index (χ0n) is 9.31. The maximum atomic E-state index is 4.27. The van der Waals surface area contributed by atoms with Crippen LogP contribution in [-0.2, 0) is 0 Å². The summed E-state index contributed by atoms with van der Waals surface area (Å²) in [5, 5.41) is 8.44. The Morgan fingerprint density at radius 2 is 1.73 bits per heavy atom. The van der Waals surface area contributed by atoms with Crippen molar-refractivity contribution in [1.29, 1.82) is 0 Å². The predicted octanol–water partition coefficient (Wildman–Crippen LogP) is 1.81. The summed E-state index contributed by atoms with van der Waals surface area (Å²) in [6.45, 7) is 0. The van der Waals surface area contributed by atoms with Gasteiger partial charge in [0.15, 0.2) is 0 Å². The van der Waals surface area contributed by atoms with Gasteiger partial charge in [0.1, 0.15) is 0 Å². The standard InChI is InChI=1S/C8H6N3.3CH3.Sn/c1-2-4-8(5-3-1)11-7-6-9-10-11;;;;/h1-5,7H;3*1H3;. The van der Waals surface area contributed by atoms with Gasteiger partial charge in [-0.05, 0) is 0 Å². The van der Waals surface area contributed by atoms with Crippen LogP contribution in [0.5, 0.6) is 0 Å². The van der Waals surface area contributed by atoms with E-state index in [4.69, 9.17) is 0 Å². The van der Waals surface area contributed by atoms with Gasteiger partial charge in [0.25, 0.3) is 0 Å². The van der Waals surface area contributed by atoms with Crippen LogP contribution in [0.4, 0.5) is 0 Å². The first-order valence-corrected chi connectivity index (χ1v) is 15.0. The molecule has 0 saturated heterocycles. The third-order valence-corrected chi connectivity index (χ3v) is 7.32. The van der Waals surface area contributed by atoms with Crippen molar-refractivity contribution in [3.8, 4) is 5.69 Å². The van der Waals surface area contributed by atoms with Crippen LogP contribution < -0.4 is 3.71 Å². The summed E-state index contributed by atoms with van der Waals surface area (Å²) in [7, 11) is 0. The Labute approximate surface area is 94.0 Å². The molecule has 78 valence electrons. The second kappa shape index (κ2) is 3.96. The van der Waals surface area contributed by atoms with Crippen molar-refractivity contribution in [2.75, 3.05) is 0 Å². The van der Waals surface area contributed by atoms with Gasteiger partial charge in [0.2, 0.25) is 0 Å². The number of hydrogen-bond acceptors (Lipinski definition) is 2. The first kappa shape index (κ1) is 10.7. The fourth-order valence-corrected chi connectivity index (χ4v) is 3.75. The van der Waals surface area contributed by atoms with Crippen molar-refractivity contribution in [2.45, 2.75) is 14.8 Å². The summed E-state index contributed by atoms with van der Waals surface area (Å²) in [6, 6.07) is 10.1. The molecule has 2 aromatic rings. The van der Waals surface area contributed by atoms with Gasteiger partial charge in [-0.15, -0.1) is 0 Å². The van der Waals surface area contributed by atoms with Crippen molar-refractivity contribution in [3.63, 3.8) is 0 Å². The maximum absolute atomic E-state index is 4.27. The van der Waals surface area contributed by atoms with Crippen LogP contribution in [-0.4, -0.2) is 33.4 Å². The Morgan fingerprint density at radius 1 is 1.07 bits per heavy atom. The molecule has 0 fully saturated rings. The van der Waals surface area contributed by atoms with Crippen molar-refractivity contribution in [2.24, 2.45) is 0 Å². The van der Waals surface area contributed by atoms with Gasteiger partial charge >= 0.3 is 94.1 Å². The number of hydrogen-bond donors (Lipinski definition) is 0. The summed E-state index contributed by atoms with van der Waals surface area (Å²) in [5.74, 6) is 0. The Kier molecular flexibility index (Phi) is 2.82. The van der Waals surface area contributed by atoms with Crippen LogP contribution >= 0.6 is 0 Å². The van der Waals surface area contributed by atoms with Crippen LogP contribution in [0, 0.1) is 0 Å². The molecule has 0 unspecified atom stereocenters. The first-order chi connectivity index (χ1) is 7.07. The van der Waals surface area contributed by atoms with Crippen LogP contribution in [0.1, 0.15) is 0 Å². The topological polar surface area (TPSA) is 30.7 Å². The molecule has 0 aliphatic rings. The molecule has 1 aromatic heterocycles. The van der Waals surface area contributed by atoms with E-state index in [0.717, 1.165) is 5.69 Å². The summed E-state index contributed by atoms with van der Waals surface area (Å²) in [5.41, 5.74) is 1.08. The quantitative estimate of drug-likeness (QED) is 0.792. The number of nitrogens with zero attached hydrogens (tertiary/aromatic N) is 3. The van der Waals surface area contributed by atoms with E-state index in [1.807, 2.05) is 35.0 Å². The van der Waals surface area contributed by atoms with E-state index in [1.165, 1.54) is 3.71 Å². The van der Waals surface area contributed by atoms with Crippen molar-refractivity contribution in [1.82, 2.24) is 15.0 Å². The second-order valence-corrected chi connectivity index (χ2v) is 18.9. The van der Waals surface area contributed by atoms with Crippen LogP contribution in [0.15, 0.2) is 36.5 Å². The zero-order chi connectivity index (χ0) is 10.9. The third kappa shape index (κ3) is 2.39. The molecular weight excluding hydrogens is 293 g/mol. The SMILES string of the molecule is [CH3][Sn]([CH3])([CH3])[c]1cn(-c2ccccc2)nn1. The number of para-hydroxylation sites is 1. The fraction of sp³-hybridized carbons (Fsp3) is 0.273. The Hall–Kier alpha value is -0.841. The average molecular weight is 308 g/mol. The van der Waals surface area contributed by atoms with Gasteiger partial charge in [0, 0.05) is 0 Å². The molecule has 1 heterocycles. The van der Waals surface area contributed by atoms with E-state index >= 15 is 0 Å². The van der Waals surface area contributed by atoms with E-state index in [2.05, 4.69) is 31.3 Å². The molecule has 15 heavy (non-hydrogen) atoms. The minimum atomic E-state index is -2.05. The Bertz CT molecular complexity index is 442. The molecule has 0 saturated carbocycles. The second-order valence-electron chi connectivity index (χ2n) is 4.63. The summed E-state index contributed by atoms with van der Waals surface area (Å²) in [4.78, 5) is 7.02. The van der Waals surface area contributed by atoms with Gasteiger partial charge in [-0.1, -0.05) is 0 Å². The molecule has 0 N–H and O–H groups in total. The summed E-state index contributed by atoms with van der Waals surface area (Å²) >= 11 is -2.05. The van der Waals surface area contributed by atoms with Crippen molar-refractivity contribution in [3.05, 3.63) is 36.5 Å². The predicted molar refractivity (Wildman–Crippen MR) is 64.3 cm³/mol. The van der Waals surface area contributed by atoms with E-state index in [0.29, 0.717) is 0 Å². The van der Waals surface area contributed by atoms with Gasteiger partial charge in [-0.25, -0.2) is 0 Å². The normalized spacial score (nSPS) is 11.7. The first-order valence-electron chi connectivity index (χ1n) is 5.05. The molecule has 1 aromatic carbocycles. The molecule has 0 amide bonds. The van der Waals surface area contributed by atoms with Gasteiger partial charge < -0.3 is 0 Å². The monoisotopic (exact) mass is 309 g/mol. The van der Waals surface area contributed by atoms with Crippen LogP contribution in [0.25, 0.3) is 5.69 Å². The van der Waals surface area contributed by atoms with Gasteiger partial charge in [-0.2, -0.15) is 0 Å². The van der Waals surface area contributed by atoms with E-state index in [-0.39, 0.29) is 0 Å². The Morgan fingerprint density at radius 3 is 2.27 bits per heavy atom. The summed E-state index contributed by atoms with van der Waals surface area (Å²) in [6.07, 6.45) is 2.07. The molecular formula is C11H15N3Sn. The molecule has 0 aliphatic heterocycles. The van der Waals surface area contributed by atoms with Crippen LogP contribution in [0.3, 0.4) is 0 Å². The zero-order valence-corrected chi connectivity index (χ0v) is 12.2.